The Kier molecular flexibility index (Phi) is 3.25. The van der Waals surface area contributed by atoms with E-state index in [1.165, 1.54) is 0 Å². The van der Waals surface area contributed by atoms with Crippen LogP contribution in [0.5, 0.6) is 11.5 Å². The molecular formula is C9H12ClNO2. The van der Waals surface area contributed by atoms with Gasteiger partial charge in [0, 0.05) is 19.2 Å². The van der Waals surface area contributed by atoms with Gasteiger partial charge in [0.1, 0.15) is 11.5 Å². The number of halogens is 1. The van der Waals surface area contributed by atoms with Crippen molar-refractivity contribution in [2.75, 3.05) is 26.6 Å². The zero-order chi connectivity index (χ0) is 9.84. The quantitative estimate of drug-likeness (QED) is 0.815. The van der Waals surface area contributed by atoms with E-state index >= 15 is 0 Å². The third kappa shape index (κ3) is 1.98. The molecule has 1 aromatic rings. The van der Waals surface area contributed by atoms with E-state index in [-0.39, 0.29) is 0 Å². The van der Waals surface area contributed by atoms with Gasteiger partial charge in [-0.25, -0.2) is 0 Å². The molecule has 13 heavy (non-hydrogen) atoms. The highest BCUT2D eigenvalue weighted by Gasteiger charge is 2.07. The van der Waals surface area contributed by atoms with Crippen molar-refractivity contribution in [3.8, 4) is 11.5 Å². The van der Waals surface area contributed by atoms with Crippen LogP contribution < -0.4 is 14.8 Å². The highest BCUT2D eigenvalue weighted by molar-refractivity contribution is 6.32. The topological polar surface area (TPSA) is 30.5 Å². The van der Waals surface area contributed by atoms with Gasteiger partial charge in [-0.2, -0.15) is 0 Å². The van der Waals surface area contributed by atoms with Gasteiger partial charge in [-0.15, -0.1) is 0 Å². The number of methoxy groups -OCH3 is 2. The summed E-state index contributed by atoms with van der Waals surface area (Å²) in [6, 6.07) is 3.51. The summed E-state index contributed by atoms with van der Waals surface area (Å²) in [5, 5.41) is 3.52. The van der Waals surface area contributed by atoms with Crippen LogP contribution in [-0.2, 0) is 0 Å². The Bertz CT molecular complexity index is 302. The van der Waals surface area contributed by atoms with Crippen LogP contribution in [0.15, 0.2) is 12.1 Å². The minimum Gasteiger partial charge on any atom is -0.495 e. The van der Waals surface area contributed by atoms with Crippen molar-refractivity contribution in [1.82, 2.24) is 0 Å². The average molecular weight is 202 g/mol. The monoisotopic (exact) mass is 201 g/mol. The Morgan fingerprint density at radius 3 is 2.23 bits per heavy atom. The van der Waals surface area contributed by atoms with Gasteiger partial charge in [0.25, 0.3) is 0 Å². The summed E-state index contributed by atoms with van der Waals surface area (Å²) in [4.78, 5) is 0. The van der Waals surface area contributed by atoms with Gasteiger partial charge >= 0.3 is 0 Å². The molecule has 4 heteroatoms. The van der Waals surface area contributed by atoms with Gasteiger partial charge < -0.3 is 14.8 Å². The normalized spacial score (nSPS) is 9.54. The molecule has 1 aromatic carbocycles. The summed E-state index contributed by atoms with van der Waals surface area (Å²) in [6.07, 6.45) is 0. The fourth-order valence-electron chi connectivity index (χ4n) is 1.06. The highest BCUT2D eigenvalue weighted by Crippen LogP contribution is 2.35. The molecule has 0 fully saturated rings. The molecule has 0 bridgehead atoms. The molecule has 0 amide bonds. The number of rotatable bonds is 3. The molecule has 0 heterocycles. The van der Waals surface area contributed by atoms with Crippen molar-refractivity contribution >= 4 is 17.3 Å². The van der Waals surface area contributed by atoms with Crippen LogP contribution >= 0.6 is 11.6 Å². The van der Waals surface area contributed by atoms with Crippen molar-refractivity contribution in [2.45, 2.75) is 0 Å². The second kappa shape index (κ2) is 4.23. The maximum Gasteiger partial charge on any atom is 0.143 e. The minimum absolute atomic E-state index is 0.540. The molecule has 0 aliphatic carbocycles. The Hall–Kier alpha value is -1.09. The second-order valence-electron chi connectivity index (χ2n) is 2.44. The molecule has 1 rings (SSSR count). The minimum atomic E-state index is 0.540. The molecule has 72 valence electrons. The molecule has 0 aliphatic rings. The molecular weight excluding hydrogens is 190 g/mol. The highest BCUT2D eigenvalue weighted by atomic mass is 35.5. The zero-order valence-electron chi connectivity index (χ0n) is 7.85. The van der Waals surface area contributed by atoms with Gasteiger partial charge in [-0.1, -0.05) is 11.6 Å². The fraction of sp³-hybridized carbons (Fsp3) is 0.333. The van der Waals surface area contributed by atoms with Crippen molar-refractivity contribution in [3.63, 3.8) is 0 Å². The Balaban J connectivity index is 3.18. The molecule has 3 nitrogen and oxygen atoms in total. The number of hydrogen-bond acceptors (Lipinski definition) is 3. The number of ether oxygens (including phenoxy) is 2. The first kappa shape index (κ1) is 9.99. The summed E-state index contributed by atoms with van der Waals surface area (Å²) in [5.74, 6) is 1.33. The first-order chi connectivity index (χ1) is 6.22. The van der Waals surface area contributed by atoms with Gasteiger partial charge in [-0.3, -0.25) is 0 Å². The van der Waals surface area contributed by atoms with Crippen LogP contribution in [0.4, 0.5) is 5.69 Å². The van der Waals surface area contributed by atoms with Crippen molar-refractivity contribution in [3.05, 3.63) is 17.2 Å². The van der Waals surface area contributed by atoms with E-state index in [4.69, 9.17) is 21.1 Å². The van der Waals surface area contributed by atoms with E-state index in [1.807, 2.05) is 7.05 Å². The molecule has 0 spiro atoms. The standard InChI is InChI=1S/C9H12ClNO2/c1-11-7-5-8(12-2)6(10)4-9(7)13-3/h4-5,11H,1-3H3. The zero-order valence-corrected chi connectivity index (χ0v) is 8.61. The Morgan fingerprint density at radius 2 is 1.77 bits per heavy atom. The molecule has 0 aromatic heterocycles. The van der Waals surface area contributed by atoms with E-state index in [0.717, 1.165) is 5.69 Å². The maximum absolute atomic E-state index is 5.90. The molecule has 0 saturated heterocycles. The predicted octanol–water partition coefficient (Wildman–Crippen LogP) is 2.40. The summed E-state index contributed by atoms with van der Waals surface area (Å²) in [7, 11) is 4.98. The number of nitrogens with one attached hydrogen (secondary N) is 1. The van der Waals surface area contributed by atoms with Gasteiger partial charge in [-0.05, 0) is 0 Å². The summed E-state index contributed by atoms with van der Waals surface area (Å²) < 4.78 is 10.2. The van der Waals surface area contributed by atoms with Crippen LogP contribution in [-0.4, -0.2) is 21.3 Å². The van der Waals surface area contributed by atoms with Gasteiger partial charge in [0.2, 0.25) is 0 Å². The third-order valence-electron chi connectivity index (χ3n) is 1.74. The van der Waals surface area contributed by atoms with Crippen LogP contribution in [0.25, 0.3) is 0 Å². The summed E-state index contributed by atoms with van der Waals surface area (Å²) in [6.45, 7) is 0. The average Bonchev–Trinajstić information content (AvgIpc) is 2.17. The largest absolute Gasteiger partial charge is 0.495 e. The van der Waals surface area contributed by atoms with Crippen molar-refractivity contribution < 1.29 is 9.47 Å². The third-order valence-corrected chi connectivity index (χ3v) is 2.04. The van der Waals surface area contributed by atoms with E-state index in [9.17, 15) is 0 Å². The first-order valence-corrected chi connectivity index (χ1v) is 4.20. The first-order valence-electron chi connectivity index (χ1n) is 3.82. The lowest BCUT2D eigenvalue weighted by molar-refractivity contribution is 0.405. The van der Waals surface area contributed by atoms with Crippen LogP contribution in [0.1, 0.15) is 0 Å². The number of benzene rings is 1. The van der Waals surface area contributed by atoms with E-state index in [1.54, 1.807) is 26.4 Å². The smallest absolute Gasteiger partial charge is 0.143 e. The van der Waals surface area contributed by atoms with Crippen molar-refractivity contribution in [1.29, 1.82) is 0 Å². The molecule has 0 saturated carbocycles. The number of hydrogen-bond donors (Lipinski definition) is 1. The lowest BCUT2D eigenvalue weighted by Crippen LogP contribution is -1.95. The van der Waals surface area contributed by atoms with Crippen molar-refractivity contribution in [2.24, 2.45) is 0 Å². The Morgan fingerprint density at radius 1 is 1.15 bits per heavy atom. The SMILES string of the molecule is CNc1cc(OC)c(Cl)cc1OC. The summed E-state index contributed by atoms with van der Waals surface area (Å²) in [5.41, 5.74) is 0.851. The predicted molar refractivity (Wildman–Crippen MR) is 54.1 cm³/mol. The fourth-order valence-corrected chi connectivity index (χ4v) is 1.29. The lowest BCUT2D eigenvalue weighted by Gasteiger charge is -2.11. The maximum atomic E-state index is 5.90. The van der Waals surface area contributed by atoms with Gasteiger partial charge in [0.15, 0.2) is 0 Å². The van der Waals surface area contributed by atoms with E-state index in [2.05, 4.69) is 5.32 Å². The van der Waals surface area contributed by atoms with Gasteiger partial charge in [0.05, 0.1) is 24.9 Å². The van der Waals surface area contributed by atoms with Crippen LogP contribution in [0, 0.1) is 0 Å². The second-order valence-corrected chi connectivity index (χ2v) is 2.84. The molecule has 1 N–H and O–H groups in total. The Labute approximate surface area is 82.6 Å². The van der Waals surface area contributed by atoms with Crippen LogP contribution in [0.2, 0.25) is 5.02 Å². The summed E-state index contributed by atoms with van der Waals surface area (Å²) >= 11 is 5.90. The lowest BCUT2D eigenvalue weighted by atomic mass is 10.2. The van der Waals surface area contributed by atoms with Crippen LogP contribution in [0.3, 0.4) is 0 Å². The molecule has 0 unspecified atom stereocenters. The molecule has 0 aliphatic heterocycles. The van der Waals surface area contributed by atoms with E-state index < -0.39 is 0 Å². The molecule has 0 radical (unpaired) electrons. The number of anilines is 1. The molecule has 0 atom stereocenters. The van der Waals surface area contributed by atoms with E-state index in [0.29, 0.717) is 16.5 Å².